The molecule has 0 bridgehead atoms. The lowest BCUT2D eigenvalue weighted by atomic mass is 9.71. The molecular weight excluding hydrogens is 256 g/mol. The van der Waals surface area contributed by atoms with Gasteiger partial charge >= 0.3 is 0 Å². The number of hydrogen-bond acceptors (Lipinski definition) is 1. The summed E-state index contributed by atoms with van der Waals surface area (Å²) in [4.78, 5) is 10.4. The molecule has 0 aliphatic heterocycles. The first-order chi connectivity index (χ1) is 9.86. The third-order valence-electron chi connectivity index (χ3n) is 4.74. The molecule has 0 fully saturated rings. The average Bonchev–Trinajstić information content (AvgIpc) is 2.37. The van der Waals surface area contributed by atoms with E-state index < -0.39 is 0 Å². The third kappa shape index (κ3) is 6.03. The van der Waals surface area contributed by atoms with Gasteiger partial charge in [0.2, 0.25) is 0 Å². The van der Waals surface area contributed by atoms with E-state index in [9.17, 15) is 4.79 Å². The molecule has 1 nitrogen and oxygen atoms in total. The van der Waals surface area contributed by atoms with Gasteiger partial charge in [-0.3, -0.25) is 0 Å². The first kappa shape index (κ1) is 17.9. The molecule has 118 valence electrons. The summed E-state index contributed by atoms with van der Waals surface area (Å²) in [6.07, 6.45) is 14.3. The molecular formula is C20H32O. The van der Waals surface area contributed by atoms with Crippen molar-refractivity contribution < 1.29 is 4.79 Å². The van der Waals surface area contributed by atoms with Gasteiger partial charge in [-0.25, -0.2) is 0 Å². The Morgan fingerprint density at radius 1 is 1.38 bits per heavy atom. The van der Waals surface area contributed by atoms with Gasteiger partial charge in [0, 0.05) is 6.42 Å². The summed E-state index contributed by atoms with van der Waals surface area (Å²) in [5.41, 5.74) is 5.11. The van der Waals surface area contributed by atoms with Crippen LogP contribution in [-0.2, 0) is 4.79 Å². The highest BCUT2D eigenvalue weighted by atomic mass is 16.1. The normalized spacial score (nSPS) is 20.9. The maximum absolute atomic E-state index is 10.4. The van der Waals surface area contributed by atoms with Crippen LogP contribution in [-0.4, -0.2) is 6.29 Å². The molecule has 1 heteroatoms. The SMILES string of the molecule is CC1=C(CC/C(C)=C\C=C\[C@H](C)CC=O)C(C)(C)CCC1. The number of aldehydes is 1. The summed E-state index contributed by atoms with van der Waals surface area (Å²) in [5, 5.41) is 0. The molecule has 0 unspecified atom stereocenters. The molecule has 0 saturated carbocycles. The Labute approximate surface area is 131 Å². The minimum Gasteiger partial charge on any atom is -0.303 e. The summed E-state index contributed by atoms with van der Waals surface area (Å²) in [7, 11) is 0. The molecule has 0 aromatic rings. The molecule has 1 aliphatic rings. The van der Waals surface area contributed by atoms with Crippen molar-refractivity contribution in [2.24, 2.45) is 11.3 Å². The van der Waals surface area contributed by atoms with Gasteiger partial charge in [0.15, 0.2) is 0 Å². The first-order valence-corrected chi connectivity index (χ1v) is 8.33. The topological polar surface area (TPSA) is 17.1 Å². The summed E-state index contributed by atoms with van der Waals surface area (Å²) < 4.78 is 0. The Kier molecular flexibility index (Phi) is 7.14. The average molecular weight is 288 g/mol. The van der Waals surface area contributed by atoms with Gasteiger partial charge in [0.25, 0.3) is 0 Å². The summed E-state index contributed by atoms with van der Waals surface area (Å²) in [5.74, 6) is 0.341. The van der Waals surface area contributed by atoms with Crippen LogP contribution in [0.25, 0.3) is 0 Å². The van der Waals surface area contributed by atoms with Crippen molar-refractivity contribution in [2.45, 2.75) is 73.1 Å². The predicted octanol–water partition coefficient (Wildman–Crippen LogP) is 6.02. The number of hydrogen-bond donors (Lipinski definition) is 0. The summed E-state index contributed by atoms with van der Waals surface area (Å²) in [6, 6.07) is 0. The zero-order chi connectivity index (χ0) is 15.9. The Bertz CT molecular complexity index is 435. The Morgan fingerprint density at radius 3 is 2.71 bits per heavy atom. The monoisotopic (exact) mass is 288 g/mol. The molecule has 0 spiro atoms. The van der Waals surface area contributed by atoms with E-state index in [0.29, 0.717) is 17.8 Å². The highest BCUT2D eigenvalue weighted by Gasteiger charge is 2.27. The van der Waals surface area contributed by atoms with Crippen LogP contribution in [0, 0.1) is 11.3 Å². The van der Waals surface area contributed by atoms with Gasteiger partial charge in [-0.1, -0.05) is 55.7 Å². The van der Waals surface area contributed by atoms with E-state index in [2.05, 4.69) is 52.8 Å². The van der Waals surface area contributed by atoms with Crippen LogP contribution in [0.1, 0.15) is 73.1 Å². The van der Waals surface area contributed by atoms with E-state index in [1.165, 1.54) is 31.3 Å². The van der Waals surface area contributed by atoms with E-state index in [1.807, 2.05) is 0 Å². The zero-order valence-corrected chi connectivity index (χ0v) is 14.5. The van der Waals surface area contributed by atoms with Crippen molar-refractivity contribution in [1.29, 1.82) is 0 Å². The van der Waals surface area contributed by atoms with Crippen LogP contribution >= 0.6 is 0 Å². The van der Waals surface area contributed by atoms with Crippen molar-refractivity contribution in [3.8, 4) is 0 Å². The standard InChI is InChI=1S/C20H32O/c1-16(8-6-9-17(2)13-15-21)11-12-19-18(3)10-7-14-20(19,4)5/h6,8-9,15,17H,7,10-14H2,1-5H3/b9-6+,16-8-/t17-/m0/s1. The quantitative estimate of drug-likeness (QED) is 0.318. The Balaban J connectivity index is 2.56. The fourth-order valence-electron chi connectivity index (χ4n) is 3.27. The molecule has 0 N–H and O–H groups in total. The summed E-state index contributed by atoms with van der Waals surface area (Å²) >= 11 is 0. The lowest BCUT2D eigenvalue weighted by Gasteiger charge is -2.34. The molecule has 0 heterocycles. The second kappa shape index (κ2) is 8.36. The van der Waals surface area contributed by atoms with Crippen molar-refractivity contribution in [2.75, 3.05) is 0 Å². The van der Waals surface area contributed by atoms with Crippen LogP contribution in [0.15, 0.2) is 34.9 Å². The second-order valence-corrected chi connectivity index (χ2v) is 7.27. The van der Waals surface area contributed by atoms with Gasteiger partial charge in [-0.2, -0.15) is 0 Å². The molecule has 0 aromatic heterocycles. The van der Waals surface area contributed by atoms with Crippen LogP contribution in [0.5, 0.6) is 0 Å². The lowest BCUT2D eigenvalue weighted by molar-refractivity contribution is -0.108. The Hall–Kier alpha value is -1.11. The van der Waals surface area contributed by atoms with Crippen LogP contribution in [0.4, 0.5) is 0 Å². The van der Waals surface area contributed by atoms with Crippen molar-refractivity contribution in [3.63, 3.8) is 0 Å². The first-order valence-electron chi connectivity index (χ1n) is 8.33. The number of rotatable bonds is 7. The molecule has 0 aromatic carbocycles. The number of allylic oxidation sites excluding steroid dienone is 6. The van der Waals surface area contributed by atoms with E-state index in [-0.39, 0.29) is 0 Å². The van der Waals surface area contributed by atoms with Gasteiger partial charge in [0.05, 0.1) is 0 Å². The molecule has 1 aliphatic carbocycles. The van der Waals surface area contributed by atoms with Crippen molar-refractivity contribution in [1.82, 2.24) is 0 Å². The minimum absolute atomic E-state index is 0.341. The second-order valence-electron chi connectivity index (χ2n) is 7.27. The van der Waals surface area contributed by atoms with E-state index in [1.54, 1.807) is 11.1 Å². The molecule has 1 rings (SSSR count). The van der Waals surface area contributed by atoms with Gasteiger partial charge < -0.3 is 4.79 Å². The van der Waals surface area contributed by atoms with Crippen molar-refractivity contribution in [3.05, 3.63) is 34.9 Å². The number of carbonyl (C=O) groups is 1. The lowest BCUT2D eigenvalue weighted by Crippen LogP contribution is -2.20. The smallest absolute Gasteiger partial charge is 0.120 e. The van der Waals surface area contributed by atoms with Crippen LogP contribution < -0.4 is 0 Å². The molecule has 21 heavy (non-hydrogen) atoms. The summed E-state index contributed by atoms with van der Waals surface area (Å²) in [6.45, 7) is 11.4. The maximum Gasteiger partial charge on any atom is 0.120 e. The van der Waals surface area contributed by atoms with Crippen LogP contribution in [0.3, 0.4) is 0 Å². The van der Waals surface area contributed by atoms with E-state index in [4.69, 9.17) is 0 Å². The van der Waals surface area contributed by atoms with Gasteiger partial charge in [-0.05, 0) is 57.3 Å². The van der Waals surface area contributed by atoms with Crippen LogP contribution in [0.2, 0.25) is 0 Å². The fourth-order valence-corrected chi connectivity index (χ4v) is 3.27. The molecule has 1 atom stereocenters. The highest BCUT2D eigenvalue weighted by molar-refractivity contribution is 5.50. The third-order valence-corrected chi connectivity index (χ3v) is 4.74. The predicted molar refractivity (Wildman–Crippen MR) is 92.3 cm³/mol. The van der Waals surface area contributed by atoms with Gasteiger partial charge in [-0.15, -0.1) is 0 Å². The molecule has 0 radical (unpaired) electrons. The van der Waals surface area contributed by atoms with E-state index in [0.717, 1.165) is 12.7 Å². The molecule has 0 saturated heterocycles. The van der Waals surface area contributed by atoms with E-state index >= 15 is 0 Å². The maximum atomic E-state index is 10.4. The minimum atomic E-state index is 0.341. The largest absolute Gasteiger partial charge is 0.303 e. The highest BCUT2D eigenvalue weighted by Crippen LogP contribution is 2.42. The zero-order valence-electron chi connectivity index (χ0n) is 14.5. The number of carbonyl (C=O) groups excluding carboxylic acids is 1. The molecule has 0 amide bonds. The fraction of sp³-hybridized carbons (Fsp3) is 0.650. The Morgan fingerprint density at radius 2 is 2.10 bits per heavy atom. The van der Waals surface area contributed by atoms with Crippen molar-refractivity contribution >= 4 is 6.29 Å². The van der Waals surface area contributed by atoms with Gasteiger partial charge in [0.1, 0.15) is 6.29 Å².